The molecule has 0 spiro atoms. The summed E-state index contributed by atoms with van der Waals surface area (Å²) in [5.41, 5.74) is 0.882. The zero-order valence-electron chi connectivity index (χ0n) is 16.1. The summed E-state index contributed by atoms with van der Waals surface area (Å²) in [6.45, 7) is 4.16. The van der Waals surface area contributed by atoms with Gasteiger partial charge in [0.2, 0.25) is 17.6 Å². The van der Waals surface area contributed by atoms with Crippen molar-refractivity contribution < 1.29 is 9.32 Å². The van der Waals surface area contributed by atoms with Gasteiger partial charge in [0.05, 0.1) is 12.5 Å². The second kappa shape index (κ2) is 9.05. The Morgan fingerprint density at radius 1 is 1.07 bits per heavy atom. The topological polar surface area (TPSA) is 62.5 Å². The molecule has 4 rings (SSSR count). The first-order chi connectivity index (χ1) is 13.7. The van der Waals surface area contributed by atoms with Gasteiger partial charge in [-0.3, -0.25) is 9.69 Å². The zero-order chi connectivity index (χ0) is 19.3. The summed E-state index contributed by atoms with van der Waals surface area (Å²) in [6.07, 6.45) is 6.77. The van der Waals surface area contributed by atoms with Crippen LogP contribution in [0.15, 0.2) is 28.8 Å². The summed E-state index contributed by atoms with van der Waals surface area (Å²) >= 11 is 5.94. The highest BCUT2D eigenvalue weighted by Gasteiger charge is 2.30. The van der Waals surface area contributed by atoms with Gasteiger partial charge >= 0.3 is 0 Å². The van der Waals surface area contributed by atoms with Crippen molar-refractivity contribution in [2.75, 3.05) is 26.2 Å². The van der Waals surface area contributed by atoms with Crippen LogP contribution >= 0.6 is 11.6 Å². The first-order valence-electron chi connectivity index (χ1n) is 10.3. The highest BCUT2D eigenvalue weighted by Crippen LogP contribution is 2.23. The number of nitrogens with zero attached hydrogens (tertiary/aromatic N) is 4. The van der Waals surface area contributed by atoms with Crippen molar-refractivity contribution in [1.29, 1.82) is 0 Å². The van der Waals surface area contributed by atoms with Gasteiger partial charge in [0, 0.05) is 30.2 Å². The summed E-state index contributed by atoms with van der Waals surface area (Å²) in [7, 11) is 0. The van der Waals surface area contributed by atoms with E-state index in [2.05, 4.69) is 19.9 Å². The van der Waals surface area contributed by atoms with Gasteiger partial charge in [0.1, 0.15) is 0 Å². The molecule has 2 aliphatic heterocycles. The number of halogens is 1. The maximum Gasteiger partial charge on any atom is 0.241 e. The molecule has 2 fully saturated rings. The van der Waals surface area contributed by atoms with Crippen LogP contribution in [0.4, 0.5) is 0 Å². The monoisotopic (exact) mass is 402 g/mol. The molecule has 1 aromatic carbocycles. The van der Waals surface area contributed by atoms with Crippen molar-refractivity contribution >= 4 is 17.5 Å². The van der Waals surface area contributed by atoms with Gasteiger partial charge in [0.25, 0.3) is 0 Å². The quantitative estimate of drug-likeness (QED) is 0.773. The van der Waals surface area contributed by atoms with E-state index in [9.17, 15) is 4.79 Å². The Morgan fingerprint density at radius 3 is 2.57 bits per heavy atom. The minimum atomic E-state index is 0.0884. The van der Waals surface area contributed by atoms with E-state index in [-0.39, 0.29) is 5.92 Å². The summed E-state index contributed by atoms with van der Waals surface area (Å²) in [4.78, 5) is 21.8. The molecule has 1 atom stereocenters. The van der Waals surface area contributed by atoms with E-state index in [0.29, 0.717) is 29.2 Å². The second-order valence-corrected chi connectivity index (χ2v) is 8.27. The lowest BCUT2D eigenvalue weighted by Crippen LogP contribution is -2.44. The lowest BCUT2D eigenvalue weighted by atomic mass is 9.96. The number of benzene rings is 1. The Hall–Kier alpha value is -1.92. The number of hydrogen-bond acceptors (Lipinski definition) is 5. The fraction of sp³-hybridized carbons (Fsp3) is 0.571. The molecular weight excluding hydrogens is 376 g/mol. The molecule has 3 heterocycles. The van der Waals surface area contributed by atoms with Gasteiger partial charge in [-0.1, -0.05) is 29.6 Å². The highest BCUT2D eigenvalue weighted by atomic mass is 35.5. The third-order valence-corrected chi connectivity index (χ3v) is 5.95. The number of rotatable bonds is 4. The molecule has 0 N–H and O–H groups in total. The molecule has 1 unspecified atom stereocenters. The van der Waals surface area contributed by atoms with Gasteiger partial charge in [-0.2, -0.15) is 4.98 Å². The van der Waals surface area contributed by atoms with Crippen molar-refractivity contribution in [3.63, 3.8) is 0 Å². The molecule has 6 nitrogen and oxygen atoms in total. The molecule has 7 heteroatoms. The molecule has 2 aliphatic rings. The molecule has 2 aromatic rings. The maximum absolute atomic E-state index is 13.0. The molecule has 2 saturated heterocycles. The fourth-order valence-corrected chi connectivity index (χ4v) is 4.30. The van der Waals surface area contributed by atoms with Crippen LogP contribution in [0.2, 0.25) is 5.02 Å². The van der Waals surface area contributed by atoms with Gasteiger partial charge < -0.3 is 9.42 Å². The van der Waals surface area contributed by atoms with Gasteiger partial charge in [-0.25, -0.2) is 0 Å². The second-order valence-electron chi connectivity index (χ2n) is 7.83. The Kier molecular flexibility index (Phi) is 6.27. The maximum atomic E-state index is 13.0. The Balaban J connectivity index is 1.36. The first kappa shape index (κ1) is 19.4. The Morgan fingerprint density at radius 2 is 1.82 bits per heavy atom. The summed E-state index contributed by atoms with van der Waals surface area (Å²) in [5.74, 6) is 1.58. The largest absolute Gasteiger partial charge is 0.342 e. The number of likely N-dealkylation sites (tertiary alicyclic amines) is 2. The Labute approximate surface area is 170 Å². The SMILES string of the molecule is O=C(C1CCCN(Cc2nc(-c3ccc(Cl)cc3)no2)C1)N1CCCCCC1. The average molecular weight is 403 g/mol. The first-order valence-corrected chi connectivity index (χ1v) is 10.7. The summed E-state index contributed by atoms with van der Waals surface area (Å²) in [5, 5.41) is 4.77. The van der Waals surface area contributed by atoms with E-state index in [1.54, 1.807) is 0 Å². The van der Waals surface area contributed by atoms with Crippen molar-refractivity contribution in [1.82, 2.24) is 19.9 Å². The predicted molar refractivity (Wildman–Crippen MR) is 108 cm³/mol. The molecule has 1 aromatic heterocycles. The van der Waals surface area contributed by atoms with E-state index < -0.39 is 0 Å². The predicted octanol–water partition coefficient (Wildman–Crippen LogP) is 4.00. The van der Waals surface area contributed by atoms with Crippen LogP contribution in [0, 0.1) is 5.92 Å². The van der Waals surface area contributed by atoms with Crippen molar-refractivity contribution in [2.24, 2.45) is 5.92 Å². The van der Waals surface area contributed by atoms with Crippen molar-refractivity contribution in [2.45, 2.75) is 45.1 Å². The number of piperidine rings is 1. The minimum absolute atomic E-state index is 0.0884. The van der Waals surface area contributed by atoms with Crippen LogP contribution in [0.25, 0.3) is 11.4 Å². The zero-order valence-corrected chi connectivity index (χ0v) is 16.9. The summed E-state index contributed by atoms with van der Waals surface area (Å²) in [6, 6.07) is 7.40. The summed E-state index contributed by atoms with van der Waals surface area (Å²) < 4.78 is 5.45. The Bertz CT molecular complexity index is 784. The molecular formula is C21H27ClN4O2. The van der Waals surface area contributed by atoms with Gasteiger partial charge in [-0.15, -0.1) is 0 Å². The molecule has 0 saturated carbocycles. The third kappa shape index (κ3) is 4.73. The third-order valence-electron chi connectivity index (χ3n) is 5.70. The lowest BCUT2D eigenvalue weighted by Gasteiger charge is -2.34. The molecule has 150 valence electrons. The number of aromatic nitrogens is 2. The van der Waals surface area contributed by atoms with E-state index in [1.165, 1.54) is 12.8 Å². The molecule has 0 aliphatic carbocycles. The van der Waals surface area contributed by atoms with Crippen LogP contribution in [0.5, 0.6) is 0 Å². The van der Waals surface area contributed by atoms with E-state index in [1.807, 2.05) is 24.3 Å². The number of carbonyl (C=O) groups excluding carboxylic acids is 1. The van der Waals surface area contributed by atoms with Gasteiger partial charge in [-0.05, 0) is 56.5 Å². The van der Waals surface area contributed by atoms with E-state index in [0.717, 1.165) is 57.4 Å². The molecule has 0 bridgehead atoms. The number of hydrogen-bond donors (Lipinski definition) is 0. The van der Waals surface area contributed by atoms with Crippen molar-refractivity contribution in [3.05, 3.63) is 35.2 Å². The van der Waals surface area contributed by atoms with Crippen LogP contribution in [0.3, 0.4) is 0 Å². The van der Waals surface area contributed by atoms with Crippen molar-refractivity contribution in [3.8, 4) is 11.4 Å². The smallest absolute Gasteiger partial charge is 0.241 e. The molecule has 1 amide bonds. The number of amides is 1. The van der Waals surface area contributed by atoms with Crippen LogP contribution in [-0.2, 0) is 11.3 Å². The number of carbonyl (C=O) groups is 1. The average Bonchev–Trinajstić information content (AvgIpc) is 3.00. The molecule has 0 radical (unpaired) electrons. The minimum Gasteiger partial charge on any atom is -0.342 e. The van der Waals surface area contributed by atoms with Crippen LogP contribution in [-0.4, -0.2) is 52.0 Å². The van der Waals surface area contributed by atoms with Crippen LogP contribution in [0.1, 0.15) is 44.4 Å². The van der Waals surface area contributed by atoms with E-state index in [4.69, 9.17) is 16.1 Å². The lowest BCUT2D eigenvalue weighted by molar-refractivity contribution is -0.137. The van der Waals surface area contributed by atoms with E-state index >= 15 is 0 Å². The standard InChI is InChI=1S/C21H27ClN4O2/c22-18-9-7-16(8-10-18)20-23-19(28-24-20)15-25-11-5-6-17(14-25)21(27)26-12-3-1-2-4-13-26/h7-10,17H,1-6,11-15H2. The normalized spacial score (nSPS) is 21.5. The van der Waals surface area contributed by atoms with Gasteiger partial charge in [0.15, 0.2) is 0 Å². The highest BCUT2D eigenvalue weighted by molar-refractivity contribution is 6.30. The van der Waals surface area contributed by atoms with Crippen LogP contribution < -0.4 is 0 Å². The fourth-order valence-electron chi connectivity index (χ4n) is 4.18. The molecule has 28 heavy (non-hydrogen) atoms.